The summed E-state index contributed by atoms with van der Waals surface area (Å²) in [5.41, 5.74) is 0. The summed E-state index contributed by atoms with van der Waals surface area (Å²) in [6, 6.07) is 0.377. The molecule has 3 rings (SSSR count). The number of carbonyl (C=O) groups excluding carboxylic acids is 1. The molecule has 4 heteroatoms. The molecule has 3 heterocycles. The first-order chi connectivity index (χ1) is 9.74. The first kappa shape index (κ1) is 14.3. The van der Waals surface area contributed by atoms with Crippen molar-refractivity contribution < 1.29 is 9.53 Å². The lowest BCUT2D eigenvalue weighted by Crippen LogP contribution is -2.48. The number of carbonyl (C=O) groups is 1. The number of hydrogen-bond donors (Lipinski definition) is 1. The van der Waals surface area contributed by atoms with Gasteiger partial charge in [0.25, 0.3) is 0 Å². The van der Waals surface area contributed by atoms with Crippen molar-refractivity contribution in [1.29, 1.82) is 0 Å². The van der Waals surface area contributed by atoms with Crippen LogP contribution in [-0.4, -0.2) is 41.3 Å². The van der Waals surface area contributed by atoms with Crippen LogP contribution in [-0.2, 0) is 9.53 Å². The van der Waals surface area contributed by atoms with Crippen LogP contribution in [0, 0.1) is 0 Å². The van der Waals surface area contributed by atoms with Gasteiger partial charge in [-0.1, -0.05) is 33.1 Å². The molecule has 0 spiro atoms. The maximum atomic E-state index is 12.8. The number of nitrogens with one attached hydrogen (secondary N) is 1. The smallest absolute Gasteiger partial charge is 0.241 e. The van der Waals surface area contributed by atoms with E-state index in [-0.39, 0.29) is 12.2 Å². The highest BCUT2D eigenvalue weighted by Crippen LogP contribution is 2.39. The predicted molar refractivity (Wildman–Crippen MR) is 78.3 cm³/mol. The van der Waals surface area contributed by atoms with E-state index in [1.165, 1.54) is 6.42 Å². The molecule has 0 aliphatic carbocycles. The second-order valence-corrected chi connectivity index (χ2v) is 6.59. The van der Waals surface area contributed by atoms with E-state index in [1.54, 1.807) is 0 Å². The maximum Gasteiger partial charge on any atom is 0.241 e. The third-order valence-corrected chi connectivity index (χ3v) is 5.12. The van der Waals surface area contributed by atoms with E-state index in [0.29, 0.717) is 24.2 Å². The molecule has 3 aliphatic heterocycles. The Bertz CT molecular complexity index is 360. The first-order valence-corrected chi connectivity index (χ1v) is 8.48. The lowest BCUT2D eigenvalue weighted by atomic mass is 9.93. The molecule has 0 aromatic heterocycles. The monoisotopic (exact) mass is 280 g/mol. The minimum absolute atomic E-state index is 0.0469. The van der Waals surface area contributed by atoms with Crippen LogP contribution in [0.2, 0.25) is 0 Å². The summed E-state index contributed by atoms with van der Waals surface area (Å²) in [6.45, 7) is 4.38. The van der Waals surface area contributed by atoms with Gasteiger partial charge < -0.3 is 9.64 Å². The van der Waals surface area contributed by atoms with Crippen LogP contribution >= 0.6 is 0 Å². The van der Waals surface area contributed by atoms with Crippen molar-refractivity contribution in [3.05, 3.63) is 0 Å². The normalized spacial score (nSPS) is 40.0. The summed E-state index contributed by atoms with van der Waals surface area (Å²) >= 11 is 0. The van der Waals surface area contributed by atoms with Gasteiger partial charge in [-0.15, -0.1) is 0 Å². The van der Waals surface area contributed by atoms with E-state index < -0.39 is 0 Å². The second kappa shape index (κ2) is 6.02. The second-order valence-electron chi connectivity index (χ2n) is 6.59. The lowest BCUT2D eigenvalue weighted by Gasteiger charge is -2.33. The highest BCUT2D eigenvalue weighted by Gasteiger charge is 2.50. The Kier molecular flexibility index (Phi) is 4.32. The van der Waals surface area contributed by atoms with Crippen molar-refractivity contribution in [3.8, 4) is 0 Å². The van der Waals surface area contributed by atoms with Crippen molar-refractivity contribution in [2.24, 2.45) is 0 Å². The lowest BCUT2D eigenvalue weighted by molar-refractivity contribution is -0.133. The van der Waals surface area contributed by atoms with E-state index >= 15 is 0 Å². The number of nitrogens with zero attached hydrogens (tertiary/aromatic N) is 1. The van der Waals surface area contributed by atoms with Gasteiger partial charge in [-0.05, 0) is 32.1 Å². The molecule has 5 atom stereocenters. The Morgan fingerprint density at radius 1 is 1.25 bits per heavy atom. The molecule has 20 heavy (non-hydrogen) atoms. The summed E-state index contributed by atoms with van der Waals surface area (Å²) in [5, 5.41) is 3.58. The quantitative estimate of drug-likeness (QED) is 0.812. The highest BCUT2D eigenvalue weighted by atomic mass is 16.5. The zero-order chi connectivity index (χ0) is 14.1. The van der Waals surface area contributed by atoms with Crippen LogP contribution in [0.5, 0.6) is 0 Å². The van der Waals surface area contributed by atoms with Crippen LogP contribution in [0.25, 0.3) is 0 Å². The van der Waals surface area contributed by atoms with Gasteiger partial charge in [0, 0.05) is 0 Å². The average Bonchev–Trinajstić information content (AvgIpc) is 3.12. The van der Waals surface area contributed by atoms with Gasteiger partial charge >= 0.3 is 0 Å². The zero-order valence-electron chi connectivity index (χ0n) is 12.8. The summed E-state index contributed by atoms with van der Waals surface area (Å²) in [4.78, 5) is 14.9. The van der Waals surface area contributed by atoms with Crippen molar-refractivity contribution in [1.82, 2.24) is 10.2 Å². The topological polar surface area (TPSA) is 41.6 Å². The van der Waals surface area contributed by atoms with Gasteiger partial charge in [-0.25, -0.2) is 0 Å². The SMILES string of the molecule is CCCCC1NC(CCC)N(C2CC3CCC2O3)C1=O. The van der Waals surface area contributed by atoms with E-state index in [4.69, 9.17) is 4.74 Å². The highest BCUT2D eigenvalue weighted by molar-refractivity contribution is 5.84. The van der Waals surface area contributed by atoms with Gasteiger partial charge in [-0.2, -0.15) is 0 Å². The van der Waals surface area contributed by atoms with Crippen LogP contribution in [0.4, 0.5) is 0 Å². The number of rotatable bonds is 6. The van der Waals surface area contributed by atoms with Gasteiger partial charge in [0.1, 0.15) is 0 Å². The molecule has 0 aromatic rings. The number of ether oxygens (including phenoxy) is 1. The minimum atomic E-state index is 0.0469. The van der Waals surface area contributed by atoms with Crippen molar-refractivity contribution in [2.75, 3.05) is 0 Å². The summed E-state index contributed by atoms with van der Waals surface area (Å²) in [6.07, 6.45) is 9.77. The average molecular weight is 280 g/mol. The van der Waals surface area contributed by atoms with Crippen LogP contribution in [0.1, 0.15) is 65.2 Å². The molecule has 3 saturated heterocycles. The van der Waals surface area contributed by atoms with Crippen LogP contribution in [0.15, 0.2) is 0 Å². The molecule has 1 N–H and O–H groups in total. The van der Waals surface area contributed by atoms with Crippen molar-refractivity contribution in [3.63, 3.8) is 0 Å². The molecule has 0 saturated carbocycles. The molecule has 3 fully saturated rings. The van der Waals surface area contributed by atoms with Crippen molar-refractivity contribution >= 4 is 5.91 Å². The van der Waals surface area contributed by atoms with Crippen LogP contribution in [0.3, 0.4) is 0 Å². The van der Waals surface area contributed by atoms with Gasteiger partial charge in [0.05, 0.1) is 30.5 Å². The van der Waals surface area contributed by atoms with Crippen LogP contribution < -0.4 is 5.32 Å². The van der Waals surface area contributed by atoms with E-state index in [2.05, 4.69) is 24.1 Å². The minimum Gasteiger partial charge on any atom is -0.373 e. The summed E-state index contributed by atoms with van der Waals surface area (Å²) < 4.78 is 5.97. The van der Waals surface area contributed by atoms with E-state index in [1.807, 2.05) is 0 Å². The third-order valence-electron chi connectivity index (χ3n) is 5.12. The Labute approximate surface area is 122 Å². The fraction of sp³-hybridized carbons (Fsp3) is 0.938. The molecular weight excluding hydrogens is 252 g/mol. The Hall–Kier alpha value is -0.610. The number of fused-ring (bicyclic) bond motifs is 2. The largest absolute Gasteiger partial charge is 0.373 e. The molecule has 5 unspecified atom stereocenters. The molecule has 0 aromatic carbocycles. The van der Waals surface area contributed by atoms with E-state index in [0.717, 1.165) is 44.9 Å². The fourth-order valence-corrected chi connectivity index (χ4v) is 4.13. The predicted octanol–water partition coefficient (Wildman–Crippen LogP) is 2.42. The van der Waals surface area contributed by atoms with Gasteiger partial charge in [0.15, 0.2) is 0 Å². The standard InChI is InChI=1S/C16H28N2O2/c1-3-5-7-12-16(19)18(15(17-12)6-4-2)13-10-11-8-9-14(13)20-11/h11-15,17H,3-10H2,1-2H3. The fourth-order valence-electron chi connectivity index (χ4n) is 4.13. The Morgan fingerprint density at radius 2 is 2.10 bits per heavy atom. The van der Waals surface area contributed by atoms with E-state index in [9.17, 15) is 4.79 Å². The van der Waals surface area contributed by atoms with Crippen molar-refractivity contribution in [2.45, 2.75) is 95.7 Å². The molecule has 2 bridgehead atoms. The number of amides is 1. The first-order valence-electron chi connectivity index (χ1n) is 8.48. The van der Waals surface area contributed by atoms with Gasteiger partial charge in [0.2, 0.25) is 5.91 Å². The molecule has 4 nitrogen and oxygen atoms in total. The molecular formula is C16H28N2O2. The summed E-state index contributed by atoms with van der Waals surface area (Å²) in [7, 11) is 0. The van der Waals surface area contributed by atoms with Gasteiger partial charge in [-0.3, -0.25) is 10.1 Å². The third kappa shape index (κ3) is 2.48. The molecule has 3 aliphatic rings. The zero-order valence-corrected chi connectivity index (χ0v) is 12.8. The number of hydrogen-bond acceptors (Lipinski definition) is 3. The maximum absolute atomic E-state index is 12.8. The number of unbranched alkanes of at least 4 members (excludes halogenated alkanes) is 1. The Balaban J connectivity index is 1.70. The Morgan fingerprint density at radius 3 is 2.70 bits per heavy atom. The molecule has 114 valence electrons. The molecule has 0 radical (unpaired) electrons. The molecule has 1 amide bonds. The summed E-state index contributed by atoms with van der Waals surface area (Å²) in [5.74, 6) is 0.332.